The molecule has 0 radical (unpaired) electrons. The van der Waals surface area contributed by atoms with Gasteiger partial charge in [-0.1, -0.05) is 29.8 Å². The molecule has 4 rings (SSSR count). The topological polar surface area (TPSA) is 110 Å². The van der Waals surface area contributed by atoms with E-state index in [1.807, 2.05) is 0 Å². The van der Waals surface area contributed by atoms with Gasteiger partial charge in [-0.25, -0.2) is 4.39 Å². The molecule has 0 aliphatic carbocycles. The van der Waals surface area contributed by atoms with Gasteiger partial charge in [-0.05, 0) is 42.5 Å². The van der Waals surface area contributed by atoms with Gasteiger partial charge in [0.05, 0.1) is 17.3 Å². The Bertz CT molecular complexity index is 1410. The molecule has 2 aromatic carbocycles. The van der Waals surface area contributed by atoms with Gasteiger partial charge in [0.25, 0.3) is 17.7 Å². The van der Waals surface area contributed by atoms with Crippen LogP contribution in [0.4, 0.5) is 10.1 Å². The number of aromatic nitrogens is 1. The van der Waals surface area contributed by atoms with Gasteiger partial charge in [0.1, 0.15) is 17.3 Å². The maximum Gasteiger partial charge on any atom is 0.262 e. The Balaban J connectivity index is 1.29. The molecule has 3 amide bonds. The standard InChI is InChI=1S/C27H23Cl2FN4O5/c1-16(33-25(35)15-38-19-3-4-20(29)21(30)13-19)6-11-32-26(36)24-14-34(27(37)17-7-9-31-10-8-17)22-12-18(28)2-5-23(22)39-24/h2-5,7-10,12-13,24H,1,6,11,14-15H2,(H,32,36)(H,33,35). The summed E-state index contributed by atoms with van der Waals surface area (Å²) in [5, 5.41) is 5.65. The molecule has 202 valence electrons. The molecular formula is C27H23Cl2FN4O5. The Labute approximate surface area is 233 Å². The minimum atomic E-state index is -0.986. The number of amides is 3. The van der Waals surface area contributed by atoms with Crippen molar-refractivity contribution in [2.45, 2.75) is 12.5 Å². The van der Waals surface area contributed by atoms with Gasteiger partial charge >= 0.3 is 0 Å². The number of carbonyl (C=O) groups excluding carboxylic acids is 3. The third-order valence-corrected chi connectivity index (χ3v) is 6.14. The number of anilines is 1. The molecule has 0 spiro atoms. The van der Waals surface area contributed by atoms with Gasteiger partial charge in [-0.3, -0.25) is 19.4 Å². The van der Waals surface area contributed by atoms with E-state index >= 15 is 0 Å². The molecule has 1 aliphatic heterocycles. The largest absolute Gasteiger partial charge is 0.484 e. The summed E-state index contributed by atoms with van der Waals surface area (Å²) in [4.78, 5) is 43.6. The van der Waals surface area contributed by atoms with Crippen LogP contribution >= 0.6 is 23.2 Å². The van der Waals surface area contributed by atoms with Crippen LogP contribution in [-0.4, -0.2) is 48.5 Å². The lowest BCUT2D eigenvalue weighted by molar-refractivity contribution is -0.127. The highest BCUT2D eigenvalue weighted by Gasteiger charge is 2.34. The van der Waals surface area contributed by atoms with Gasteiger partial charge in [-0.15, -0.1) is 0 Å². The highest BCUT2D eigenvalue weighted by molar-refractivity contribution is 6.31. The molecular weight excluding hydrogens is 550 g/mol. The van der Waals surface area contributed by atoms with E-state index in [1.165, 1.54) is 29.4 Å². The molecule has 39 heavy (non-hydrogen) atoms. The summed E-state index contributed by atoms with van der Waals surface area (Å²) < 4.78 is 24.6. The molecule has 0 saturated heterocycles. The van der Waals surface area contributed by atoms with E-state index in [9.17, 15) is 18.8 Å². The molecule has 2 N–H and O–H groups in total. The van der Waals surface area contributed by atoms with Crippen LogP contribution < -0.4 is 25.0 Å². The quantitative estimate of drug-likeness (QED) is 0.398. The summed E-state index contributed by atoms with van der Waals surface area (Å²) >= 11 is 11.8. The maximum absolute atomic E-state index is 13.5. The van der Waals surface area contributed by atoms with Crippen LogP contribution in [-0.2, 0) is 9.59 Å². The number of fused-ring (bicyclic) bond motifs is 1. The number of hydrogen-bond acceptors (Lipinski definition) is 6. The van der Waals surface area contributed by atoms with Gasteiger partial charge in [0, 0.05) is 47.7 Å². The lowest BCUT2D eigenvalue weighted by Crippen LogP contribution is -2.51. The van der Waals surface area contributed by atoms with Crippen molar-refractivity contribution in [2.75, 3.05) is 24.6 Å². The predicted molar refractivity (Wildman–Crippen MR) is 144 cm³/mol. The molecule has 12 heteroatoms. The van der Waals surface area contributed by atoms with Crippen LogP contribution in [0.2, 0.25) is 10.0 Å². The van der Waals surface area contributed by atoms with Crippen molar-refractivity contribution in [3.8, 4) is 11.5 Å². The lowest BCUT2D eigenvalue weighted by Gasteiger charge is -2.34. The van der Waals surface area contributed by atoms with Crippen molar-refractivity contribution in [3.63, 3.8) is 0 Å². The molecule has 0 saturated carbocycles. The predicted octanol–water partition coefficient (Wildman–Crippen LogP) is 4.15. The Morgan fingerprint density at radius 2 is 1.90 bits per heavy atom. The number of halogens is 3. The fourth-order valence-corrected chi connectivity index (χ4v) is 3.98. The summed E-state index contributed by atoms with van der Waals surface area (Å²) in [6.45, 7) is 3.51. The molecule has 2 heterocycles. The minimum Gasteiger partial charge on any atom is -0.484 e. The summed E-state index contributed by atoms with van der Waals surface area (Å²) in [5.41, 5.74) is 1.19. The molecule has 9 nitrogen and oxygen atoms in total. The van der Waals surface area contributed by atoms with Crippen LogP contribution in [0.1, 0.15) is 16.8 Å². The molecule has 1 aliphatic rings. The van der Waals surface area contributed by atoms with Crippen molar-refractivity contribution in [2.24, 2.45) is 0 Å². The van der Waals surface area contributed by atoms with Gasteiger partial charge in [0.2, 0.25) is 0 Å². The van der Waals surface area contributed by atoms with Crippen LogP contribution in [0.5, 0.6) is 11.5 Å². The number of hydrogen-bond donors (Lipinski definition) is 2. The first-order valence-electron chi connectivity index (χ1n) is 11.7. The lowest BCUT2D eigenvalue weighted by atomic mass is 10.1. The Kier molecular flexibility index (Phi) is 9.00. The van der Waals surface area contributed by atoms with E-state index in [0.717, 1.165) is 6.07 Å². The van der Waals surface area contributed by atoms with Gasteiger partial charge < -0.3 is 25.0 Å². The van der Waals surface area contributed by atoms with E-state index in [0.29, 0.717) is 27.7 Å². The monoisotopic (exact) mass is 572 g/mol. The van der Waals surface area contributed by atoms with Crippen LogP contribution in [0, 0.1) is 5.82 Å². The van der Waals surface area contributed by atoms with E-state index in [4.69, 9.17) is 32.7 Å². The highest BCUT2D eigenvalue weighted by Crippen LogP contribution is 2.36. The van der Waals surface area contributed by atoms with Crippen LogP contribution in [0.15, 0.2) is 73.2 Å². The molecule has 1 unspecified atom stereocenters. The number of carbonyl (C=O) groups is 3. The molecule has 1 atom stereocenters. The Morgan fingerprint density at radius 1 is 1.13 bits per heavy atom. The zero-order valence-corrected chi connectivity index (χ0v) is 22.0. The smallest absolute Gasteiger partial charge is 0.262 e. The van der Waals surface area contributed by atoms with Crippen molar-refractivity contribution in [3.05, 3.63) is 94.6 Å². The third kappa shape index (κ3) is 7.24. The molecule has 1 aromatic heterocycles. The third-order valence-electron chi connectivity index (χ3n) is 5.60. The van der Waals surface area contributed by atoms with Crippen LogP contribution in [0.25, 0.3) is 0 Å². The Morgan fingerprint density at radius 3 is 2.64 bits per heavy atom. The van der Waals surface area contributed by atoms with Gasteiger partial charge in [0.15, 0.2) is 12.7 Å². The first-order valence-corrected chi connectivity index (χ1v) is 12.5. The SMILES string of the molecule is C=C(CCNC(=O)C1CN(C(=O)c2ccncc2)c2cc(Cl)ccc2O1)NC(=O)COc1ccc(Cl)c(F)c1. The summed E-state index contributed by atoms with van der Waals surface area (Å²) in [6, 6.07) is 11.8. The zero-order chi connectivity index (χ0) is 27.9. The number of benzene rings is 2. The van der Waals surface area contributed by atoms with Crippen molar-refractivity contribution in [1.82, 2.24) is 15.6 Å². The fourth-order valence-electron chi connectivity index (χ4n) is 3.70. The molecule has 0 fully saturated rings. The van der Waals surface area contributed by atoms with Crippen molar-refractivity contribution < 1.29 is 28.2 Å². The zero-order valence-electron chi connectivity index (χ0n) is 20.5. The van der Waals surface area contributed by atoms with E-state index in [1.54, 1.807) is 30.3 Å². The van der Waals surface area contributed by atoms with Crippen molar-refractivity contribution >= 4 is 46.6 Å². The second-order valence-corrected chi connectivity index (χ2v) is 9.27. The van der Waals surface area contributed by atoms with Crippen molar-refractivity contribution in [1.29, 1.82) is 0 Å². The van der Waals surface area contributed by atoms with Gasteiger partial charge in [-0.2, -0.15) is 0 Å². The number of nitrogens with one attached hydrogen (secondary N) is 2. The normalized spacial score (nSPS) is 14.0. The summed E-state index contributed by atoms with van der Waals surface area (Å²) in [7, 11) is 0. The van der Waals surface area contributed by atoms with Crippen LogP contribution in [0.3, 0.4) is 0 Å². The average Bonchev–Trinajstić information content (AvgIpc) is 2.93. The molecule has 0 bridgehead atoms. The summed E-state index contributed by atoms with van der Waals surface area (Å²) in [5.74, 6) is -1.45. The first kappa shape index (κ1) is 27.9. The van der Waals surface area contributed by atoms with E-state index < -0.39 is 23.7 Å². The number of pyridine rings is 1. The summed E-state index contributed by atoms with van der Waals surface area (Å²) in [6.07, 6.45) is 2.25. The van der Waals surface area contributed by atoms with E-state index in [2.05, 4.69) is 22.2 Å². The maximum atomic E-state index is 13.5. The van der Waals surface area contributed by atoms with E-state index in [-0.39, 0.29) is 42.8 Å². The average molecular weight is 573 g/mol. The highest BCUT2D eigenvalue weighted by atomic mass is 35.5. The second-order valence-electron chi connectivity index (χ2n) is 8.43. The fraction of sp³-hybridized carbons (Fsp3) is 0.185. The second kappa shape index (κ2) is 12.6. The Hall–Kier alpha value is -4.15. The molecule has 3 aromatic rings. The first-order chi connectivity index (χ1) is 18.7. The minimum absolute atomic E-state index is 0.0410. The number of rotatable bonds is 9. The number of ether oxygens (including phenoxy) is 2. The number of nitrogens with zero attached hydrogens (tertiary/aromatic N) is 2.